The normalized spacial score (nSPS) is 18.2. The lowest BCUT2D eigenvalue weighted by molar-refractivity contribution is -0.140. The number of carbonyl (C=O) groups excluding carboxylic acids is 6. The van der Waals surface area contributed by atoms with Crippen LogP contribution in [0.15, 0.2) is 24.3 Å². The summed E-state index contributed by atoms with van der Waals surface area (Å²) in [6.45, 7) is 4.85. The molecule has 1 aromatic heterocycles. The summed E-state index contributed by atoms with van der Waals surface area (Å²) in [7, 11) is 0. The maximum absolute atomic E-state index is 13.7. The summed E-state index contributed by atoms with van der Waals surface area (Å²) < 4.78 is 11.1. The third-order valence-electron chi connectivity index (χ3n) is 9.38. The van der Waals surface area contributed by atoms with Crippen molar-refractivity contribution < 1.29 is 38.2 Å². The fourth-order valence-electron chi connectivity index (χ4n) is 6.33. The van der Waals surface area contributed by atoms with Gasteiger partial charge in [0, 0.05) is 56.6 Å². The van der Waals surface area contributed by atoms with E-state index in [0.29, 0.717) is 30.3 Å². The van der Waals surface area contributed by atoms with E-state index >= 15 is 0 Å². The minimum absolute atomic E-state index is 0.0401. The zero-order chi connectivity index (χ0) is 35.8. The summed E-state index contributed by atoms with van der Waals surface area (Å²) in [4.78, 5) is 86.9. The maximum atomic E-state index is 13.7. The number of hydrogen-bond donors (Lipinski definition) is 4. The number of amides is 6. The van der Waals surface area contributed by atoms with Gasteiger partial charge in [-0.25, -0.2) is 15.6 Å². The van der Waals surface area contributed by atoms with Crippen molar-refractivity contribution in [3.05, 3.63) is 35.5 Å². The van der Waals surface area contributed by atoms with Crippen LogP contribution in [0, 0.1) is 6.92 Å². The average Bonchev–Trinajstić information content (AvgIpc) is 3.60. The number of carbonyl (C=O) groups is 6. The molecule has 2 unspecified atom stereocenters. The molecule has 1 aliphatic carbocycles. The number of rotatable bonds is 12. The summed E-state index contributed by atoms with van der Waals surface area (Å²) >= 11 is 0. The predicted octanol–water partition coefficient (Wildman–Crippen LogP) is 0.751. The van der Waals surface area contributed by atoms with Crippen LogP contribution in [0.3, 0.4) is 0 Å². The molecule has 2 aliphatic heterocycles. The highest BCUT2D eigenvalue weighted by molar-refractivity contribution is 5.99. The van der Waals surface area contributed by atoms with E-state index < -0.39 is 35.9 Å². The van der Waals surface area contributed by atoms with E-state index in [-0.39, 0.29) is 81.5 Å². The average molecular weight is 695 g/mol. The molecule has 2 saturated heterocycles. The Kier molecular flexibility index (Phi) is 12.1. The number of nitrogens with zero attached hydrogens (tertiary/aromatic N) is 4. The second-order valence-corrected chi connectivity index (χ2v) is 12.8. The van der Waals surface area contributed by atoms with Gasteiger partial charge in [0.2, 0.25) is 17.7 Å². The Labute approximate surface area is 290 Å². The number of aromatic nitrogens is 1. The van der Waals surface area contributed by atoms with Crippen LogP contribution in [0.2, 0.25) is 0 Å². The minimum atomic E-state index is -1.10. The summed E-state index contributed by atoms with van der Waals surface area (Å²) in [5, 5.41) is 6.34. The lowest BCUT2D eigenvalue weighted by Gasteiger charge is -2.36. The van der Waals surface area contributed by atoms with Gasteiger partial charge in [0.25, 0.3) is 11.8 Å². The lowest BCUT2D eigenvalue weighted by Crippen LogP contribution is -2.56. The molecule has 1 saturated carbocycles. The number of piperazine rings is 1. The van der Waals surface area contributed by atoms with Crippen molar-refractivity contribution in [3.63, 3.8) is 0 Å². The standard InChI is InChI=1S/C34H46N8O8/c1-3-49-34(48)41-16-14-40(15-17-41)33(47)24(11-12-29(43)39-35)38-31(45)26-19-28(23-10-9-21(2)18-25(23)37-26)50-20-30(44)42-13-5-8-27(42)32(46)36-22-6-4-7-22/h9-10,18-19,22,24,27H,3-8,11-17,20,35H2,1-2H3,(H,36,46)(H,38,45)(H,39,43). The van der Waals surface area contributed by atoms with Gasteiger partial charge in [0.1, 0.15) is 23.5 Å². The van der Waals surface area contributed by atoms with Crippen LogP contribution in [-0.2, 0) is 23.9 Å². The number of benzene rings is 1. The molecule has 1 aromatic carbocycles. The van der Waals surface area contributed by atoms with Crippen molar-refractivity contribution in [2.24, 2.45) is 5.84 Å². The number of nitrogens with one attached hydrogen (secondary N) is 3. The van der Waals surface area contributed by atoms with E-state index in [9.17, 15) is 28.8 Å². The zero-order valence-corrected chi connectivity index (χ0v) is 28.6. The van der Waals surface area contributed by atoms with Gasteiger partial charge in [-0.2, -0.15) is 0 Å². The second-order valence-electron chi connectivity index (χ2n) is 12.8. The lowest BCUT2D eigenvalue weighted by atomic mass is 9.93. The summed E-state index contributed by atoms with van der Waals surface area (Å²) in [5.74, 6) is 3.39. The van der Waals surface area contributed by atoms with E-state index in [1.807, 2.05) is 18.4 Å². The molecule has 0 spiro atoms. The molecule has 6 amide bonds. The Morgan fingerprint density at radius 3 is 2.40 bits per heavy atom. The quantitative estimate of drug-likeness (QED) is 0.139. The Balaban J connectivity index is 1.30. The third kappa shape index (κ3) is 8.77. The molecule has 2 atom stereocenters. The van der Waals surface area contributed by atoms with Crippen molar-refractivity contribution in [2.45, 2.75) is 76.9 Å². The number of ether oxygens (including phenoxy) is 2. The fraction of sp³-hybridized carbons (Fsp3) is 0.559. The number of nitrogens with two attached hydrogens (primary N) is 1. The van der Waals surface area contributed by atoms with Gasteiger partial charge >= 0.3 is 6.09 Å². The number of hydrazine groups is 1. The topological polar surface area (TPSA) is 206 Å². The highest BCUT2D eigenvalue weighted by Gasteiger charge is 2.36. The van der Waals surface area contributed by atoms with Crippen LogP contribution < -0.4 is 26.6 Å². The predicted molar refractivity (Wildman–Crippen MR) is 180 cm³/mol. The first kappa shape index (κ1) is 36.3. The molecule has 16 heteroatoms. The molecule has 5 rings (SSSR count). The van der Waals surface area contributed by atoms with E-state index in [4.69, 9.17) is 15.3 Å². The van der Waals surface area contributed by atoms with Crippen molar-refractivity contribution in [1.29, 1.82) is 0 Å². The first-order valence-electron chi connectivity index (χ1n) is 17.2. The first-order chi connectivity index (χ1) is 24.1. The smallest absolute Gasteiger partial charge is 0.409 e. The van der Waals surface area contributed by atoms with Crippen LogP contribution in [0.5, 0.6) is 5.75 Å². The SMILES string of the molecule is CCOC(=O)N1CCN(C(=O)C(CCC(=O)NN)NC(=O)c2cc(OCC(=O)N3CCCC3C(=O)NC3CCC3)c3ccc(C)cc3n2)CC1. The summed E-state index contributed by atoms with van der Waals surface area (Å²) in [6.07, 6.45) is 3.65. The van der Waals surface area contributed by atoms with E-state index in [1.165, 1.54) is 15.9 Å². The Bertz CT molecular complexity index is 1610. The number of aryl methyl sites for hydroxylation is 1. The molecular weight excluding hydrogens is 648 g/mol. The van der Waals surface area contributed by atoms with Gasteiger partial charge < -0.3 is 34.8 Å². The monoisotopic (exact) mass is 694 g/mol. The Morgan fingerprint density at radius 2 is 1.72 bits per heavy atom. The second kappa shape index (κ2) is 16.6. The van der Waals surface area contributed by atoms with Gasteiger partial charge in [-0.05, 0) is 70.1 Å². The van der Waals surface area contributed by atoms with Crippen LogP contribution in [0.25, 0.3) is 10.9 Å². The van der Waals surface area contributed by atoms with Gasteiger partial charge in [0.05, 0.1) is 12.1 Å². The van der Waals surface area contributed by atoms with Gasteiger partial charge in [-0.1, -0.05) is 6.07 Å². The van der Waals surface area contributed by atoms with Crippen molar-refractivity contribution in [2.75, 3.05) is 45.9 Å². The molecule has 3 fully saturated rings. The molecule has 2 aromatic rings. The molecule has 0 radical (unpaired) electrons. The van der Waals surface area contributed by atoms with Gasteiger partial charge in [-0.15, -0.1) is 0 Å². The Morgan fingerprint density at radius 1 is 0.980 bits per heavy atom. The Hall–Kier alpha value is -4.99. The van der Waals surface area contributed by atoms with E-state index in [1.54, 1.807) is 24.0 Å². The van der Waals surface area contributed by atoms with Crippen LogP contribution >= 0.6 is 0 Å². The minimum Gasteiger partial charge on any atom is -0.483 e. The number of fused-ring (bicyclic) bond motifs is 1. The molecule has 16 nitrogen and oxygen atoms in total. The van der Waals surface area contributed by atoms with Crippen molar-refractivity contribution in [3.8, 4) is 5.75 Å². The molecule has 50 heavy (non-hydrogen) atoms. The van der Waals surface area contributed by atoms with E-state index in [0.717, 1.165) is 24.8 Å². The van der Waals surface area contributed by atoms with Crippen LogP contribution in [-0.4, -0.2) is 119 Å². The zero-order valence-electron chi connectivity index (χ0n) is 28.6. The van der Waals surface area contributed by atoms with Crippen LogP contribution in [0.1, 0.15) is 67.9 Å². The van der Waals surface area contributed by atoms with Crippen molar-refractivity contribution in [1.82, 2.24) is 35.7 Å². The summed E-state index contributed by atoms with van der Waals surface area (Å²) in [5.41, 5.74) is 3.30. The number of likely N-dealkylation sites (tertiary alicyclic amines) is 1. The molecular formula is C34H46N8O8. The van der Waals surface area contributed by atoms with Crippen molar-refractivity contribution >= 4 is 46.5 Å². The number of hydrogen-bond acceptors (Lipinski definition) is 10. The highest BCUT2D eigenvalue weighted by atomic mass is 16.6. The summed E-state index contributed by atoms with van der Waals surface area (Å²) in [6, 6.07) is 5.36. The largest absolute Gasteiger partial charge is 0.483 e. The molecule has 3 aliphatic rings. The molecule has 5 N–H and O–H groups in total. The third-order valence-corrected chi connectivity index (χ3v) is 9.38. The van der Waals surface area contributed by atoms with Crippen LogP contribution in [0.4, 0.5) is 4.79 Å². The van der Waals surface area contributed by atoms with E-state index in [2.05, 4.69) is 15.6 Å². The maximum Gasteiger partial charge on any atom is 0.409 e. The highest BCUT2D eigenvalue weighted by Crippen LogP contribution is 2.28. The van der Waals surface area contributed by atoms with Gasteiger partial charge in [-0.3, -0.25) is 29.4 Å². The molecule has 3 heterocycles. The number of pyridine rings is 1. The molecule has 270 valence electrons. The van der Waals surface area contributed by atoms with Gasteiger partial charge in [0.15, 0.2) is 6.61 Å². The molecule has 0 bridgehead atoms. The first-order valence-corrected chi connectivity index (χ1v) is 17.2. The fourth-order valence-corrected chi connectivity index (χ4v) is 6.33.